The van der Waals surface area contributed by atoms with Crippen LogP contribution in [0.1, 0.15) is 98.1 Å². The molecule has 2 rings (SSSR count). The van der Waals surface area contributed by atoms with Gasteiger partial charge in [0.1, 0.15) is 29.2 Å². The molecule has 0 spiro atoms. The summed E-state index contributed by atoms with van der Waals surface area (Å²) in [6.45, 7) is 11.6. The fourth-order valence-electron chi connectivity index (χ4n) is 4.78. The van der Waals surface area contributed by atoms with Gasteiger partial charge in [-0.1, -0.05) is 71.4 Å². The Bertz CT molecular complexity index is 1160. The van der Waals surface area contributed by atoms with Gasteiger partial charge in [0.05, 0.1) is 7.11 Å². The first-order valence-corrected chi connectivity index (χ1v) is 15.4. The van der Waals surface area contributed by atoms with Gasteiger partial charge in [-0.2, -0.15) is 0 Å². The Hall–Kier alpha value is -3.75. The molecule has 3 N–H and O–H groups in total. The summed E-state index contributed by atoms with van der Waals surface area (Å²) in [5, 5.41) is 16.1. The summed E-state index contributed by atoms with van der Waals surface area (Å²) in [6.07, 6.45) is 5.90. The minimum absolute atomic E-state index is 0.0166. The third-order valence-corrected chi connectivity index (χ3v) is 7.29. The van der Waals surface area contributed by atoms with E-state index in [0.717, 1.165) is 32.1 Å². The number of methoxy groups -OCH3 is 1. The molecule has 0 saturated carbocycles. The highest BCUT2D eigenvalue weighted by Gasteiger charge is 2.38. The monoisotopic (exact) mass is 597 g/mol. The van der Waals surface area contributed by atoms with Gasteiger partial charge < -0.3 is 30.1 Å². The lowest BCUT2D eigenvalue weighted by Crippen LogP contribution is -2.55. The Morgan fingerprint density at radius 1 is 0.953 bits per heavy atom. The summed E-state index contributed by atoms with van der Waals surface area (Å²) in [4.78, 5) is 42.9. The van der Waals surface area contributed by atoms with Crippen LogP contribution in [0.5, 0.6) is 11.5 Å². The van der Waals surface area contributed by atoms with Crippen LogP contribution in [0.15, 0.2) is 48.5 Å². The fourth-order valence-corrected chi connectivity index (χ4v) is 4.78. The van der Waals surface area contributed by atoms with Crippen LogP contribution in [-0.4, -0.2) is 53.2 Å². The van der Waals surface area contributed by atoms with E-state index in [1.165, 1.54) is 12.1 Å². The molecule has 0 fully saturated rings. The number of anilines is 1. The van der Waals surface area contributed by atoms with Crippen molar-refractivity contribution in [3.05, 3.63) is 54.1 Å². The number of nitrogens with zero attached hydrogens (tertiary/aromatic N) is 1. The Balaban J connectivity index is 2.52. The Morgan fingerprint density at radius 3 is 2.19 bits per heavy atom. The van der Waals surface area contributed by atoms with Crippen LogP contribution < -0.4 is 15.4 Å². The third kappa shape index (κ3) is 11.8. The quantitative estimate of drug-likeness (QED) is 0.176. The van der Waals surface area contributed by atoms with Gasteiger partial charge >= 0.3 is 6.09 Å². The number of phenolic OH excluding ortho intramolecular Hbond substituents is 1. The number of aromatic hydroxyl groups is 1. The van der Waals surface area contributed by atoms with Crippen LogP contribution in [0.3, 0.4) is 0 Å². The molecule has 2 aromatic carbocycles. The molecule has 0 aliphatic carbocycles. The highest BCUT2D eigenvalue weighted by molar-refractivity contribution is 5.99. The largest absolute Gasteiger partial charge is 0.508 e. The lowest BCUT2D eigenvalue weighted by atomic mass is 9.95. The van der Waals surface area contributed by atoms with Crippen molar-refractivity contribution in [3.8, 4) is 11.5 Å². The van der Waals surface area contributed by atoms with E-state index in [2.05, 4.69) is 17.6 Å². The number of ether oxygens (including phenoxy) is 2. The third-order valence-electron chi connectivity index (χ3n) is 7.29. The maximum Gasteiger partial charge on any atom is 0.408 e. The first-order valence-electron chi connectivity index (χ1n) is 15.4. The number of carbonyl (C=O) groups is 3. The van der Waals surface area contributed by atoms with Gasteiger partial charge in [0.15, 0.2) is 0 Å². The minimum atomic E-state index is -1.07. The van der Waals surface area contributed by atoms with Crippen LogP contribution in [0.2, 0.25) is 0 Å². The fraction of sp³-hybridized carbons (Fsp3) is 0.559. The standard InChI is InChI=1S/C34H51N3O6/c1-8-10-11-12-13-14-22-37(32(40)29(24(3)9-2)36-33(41)43-34(4,5)6)30(25-16-15-17-27(38)23-25)31(39)35-26-18-20-28(42-7)21-19-26/h15-21,23-24,29-30,38H,8-14,22H2,1-7H3,(H,35,39)(H,36,41). The average Bonchev–Trinajstić information content (AvgIpc) is 2.95. The lowest BCUT2D eigenvalue weighted by molar-refractivity contribution is -0.142. The molecule has 0 saturated heterocycles. The van der Waals surface area contributed by atoms with Gasteiger partial charge in [0.2, 0.25) is 5.91 Å². The average molecular weight is 598 g/mol. The maximum atomic E-state index is 14.4. The van der Waals surface area contributed by atoms with E-state index in [-0.39, 0.29) is 17.6 Å². The maximum absolute atomic E-state index is 14.4. The van der Waals surface area contributed by atoms with Crippen molar-refractivity contribution >= 4 is 23.6 Å². The molecule has 2 aromatic rings. The van der Waals surface area contributed by atoms with Crippen LogP contribution in [-0.2, 0) is 14.3 Å². The smallest absolute Gasteiger partial charge is 0.408 e. The summed E-state index contributed by atoms with van der Waals surface area (Å²) >= 11 is 0. The van der Waals surface area contributed by atoms with Crippen LogP contribution in [0.4, 0.5) is 10.5 Å². The van der Waals surface area contributed by atoms with E-state index in [4.69, 9.17) is 9.47 Å². The van der Waals surface area contributed by atoms with Gasteiger partial charge in [0.25, 0.3) is 5.91 Å². The van der Waals surface area contributed by atoms with Crippen molar-refractivity contribution in [1.29, 1.82) is 0 Å². The van der Waals surface area contributed by atoms with Gasteiger partial charge in [-0.3, -0.25) is 9.59 Å². The lowest BCUT2D eigenvalue weighted by Gasteiger charge is -2.36. The van der Waals surface area contributed by atoms with Gasteiger partial charge in [-0.05, 0) is 75.1 Å². The number of nitrogens with one attached hydrogen (secondary N) is 2. The number of hydrogen-bond acceptors (Lipinski definition) is 6. The van der Waals surface area contributed by atoms with Crippen molar-refractivity contribution in [3.63, 3.8) is 0 Å². The molecule has 0 heterocycles. The van der Waals surface area contributed by atoms with Crippen molar-refractivity contribution in [2.24, 2.45) is 5.92 Å². The molecule has 43 heavy (non-hydrogen) atoms. The van der Waals surface area contributed by atoms with Gasteiger partial charge in [0, 0.05) is 12.2 Å². The topological polar surface area (TPSA) is 117 Å². The number of hydrogen-bond donors (Lipinski definition) is 3. The van der Waals surface area contributed by atoms with Crippen molar-refractivity contribution in [1.82, 2.24) is 10.2 Å². The second kappa shape index (κ2) is 17.4. The number of carbonyl (C=O) groups excluding carboxylic acids is 3. The number of alkyl carbamates (subject to hydrolysis) is 1. The van der Waals surface area contributed by atoms with E-state index in [1.54, 1.807) is 69.2 Å². The predicted molar refractivity (Wildman–Crippen MR) is 170 cm³/mol. The van der Waals surface area contributed by atoms with Crippen molar-refractivity contribution < 1.29 is 29.0 Å². The molecular formula is C34H51N3O6. The van der Waals surface area contributed by atoms with E-state index < -0.39 is 29.7 Å². The molecule has 3 amide bonds. The zero-order chi connectivity index (χ0) is 32.0. The summed E-state index contributed by atoms with van der Waals surface area (Å²) in [5.41, 5.74) is 0.256. The Kier molecular flexibility index (Phi) is 14.3. The minimum Gasteiger partial charge on any atom is -0.508 e. The summed E-state index contributed by atoms with van der Waals surface area (Å²) in [5.74, 6) is -0.423. The number of phenols is 1. The second-order valence-corrected chi connectivity index (χ2v) is 12.0. The van der Waals surface area contributed by atoms with E-state index in [9.17, 15) is 19.5 Å². The first kappa shape index (κ1) is 35.4. The first-order chi connectivity index (χ1) is 20.4. The van der Waals surface area contributed by atoms with Gasteiger partial charge in [-0.25, -0.2) is 4.79 Å². The summed E-state index contributed by atoms with van der Waals surface area (Å²) in [6, 6.07) is 11.3. The number of unbranched alkanes of at least 4 members (excludes halogenated alkanes) is 5. The Labute approximate surface area is 257 Å². The molecule has 0 radical (unpaired) electrons. The van der Waals surface area contributed by atoms with Crippen LogP contribution >= 0.6 is 0 Å². The van der Waals surface area contributed by atoms with Crippen LogP contribution in [0, 0.1) is 5.92 Å². The summed E-state index contributed by atoms with van der Waals surface area (Å²) in [7, 11) is 1.57. The van der Waals surface area contributed by atoms with E-state index >= 15 is 0 Å². The summed E-state index contributed by atoms with van der Waals surface area (Å²) < 4.78 is 10.7. The molecular weight excluding hydrogens is 546 g/mol. The second-order valence-electron chi connectivity index (χ2n) is 12.0. The van der Waals surface area contributed by atoms with Crippen LogP contribution in [0.25, 0.3) is 0 Å². The van der Waals surface area contributed by atoms with E-state index in [1.807, 2.05) is 13.8 Å². The molecule has 3 atom stereocenters. The number of amides is 3. The van der Waals surface area contributed by atoms with Crippen molar-refractivity contribution in [2.75, 3.05) is 19.0 Å². The molecule has 9 nitrogen and oxygen atoms in total. The molecule has 0 aliphatic heterocycles. The molecule has 9 heteroatoms. The Morgan fingerprint density at radius 2 is 1.60 bits per heavy atom. The zero-order valence-electron chi connectivity index (χ0n) is 26.9. The highest BCUT2D eigenvalue weighted by atomic mass is 16.6. The van der Waals surface area contributed by atoms with Gasteiger partial charge in [-0.15, -0.1) is 0 Å². The molecule has 0 aliphatic rings. The SMILES string of the molecule is CCCCCCCCN(C(=O)C(NC(=O)OC(C)(C)C)C(C)CC)C(C(=O)Nc1ccc(OC)cc1)c1cccc(O)c1. The highest BCUT2D eigenvalue weighted by Crippen LogP contribution is 2.29. The predicted octanol–water partition coefficient (Wildman–Crippen LogP) is 7.21. The van der Waals surface area contributed by atoms with E-state index in [0.29, 0.717) is 36.4 Å². The molecule has 3 unspecified atom stereocenters. The molecule has 238 valence electrons. The molecule has 0 aromatic heterocycles. The molecule has 0 bridgehead atoms. The number of benzene rings is 2. The van der Waals surface area contributed by atoms with Crippen molar-refractivity contribution in [2.45, 2.75) is 104 Å². The normalized spacial score (nSPS) is 13.4. The zero-order valence-corrected chi connectivity index (χ0v) is 26.9. The number of rotatable bonds is 16.